The number of hydrogen-bond donors (Lipinski definition) is 0. The van der Waals surface area contributed by atoms with Crippen molar-refractivity contribution in [3.8, 4) is 0 Å². The monoisotopic (exact) mass is 242 g/mol. The predicted molar refractivity (Wildman–Crippen MR) is 74.1 cm³/mol. The molecule has 2 saturated heterocycles. The van der Waals surface area contributed by atoms with Crippen molar-refractivity contribution >= 4 is 5.91 Å². The minimum Gasteiger partial charge on any atom is -0.345 e. The van der Waals surface area contributed by atoms with Crippen LogP contribution in [0.15, 0.2) is 0 Å². The molecule has 1 spiro atoms. The van der Waals surface area contributed by atoms with Crippen molar-refractivity contribution < 1.29 is 4.79 Å². The number of rotatable bonds is 0. The molecule has 3 heteroatoms. The fraction of sp³-hybridized carbons (Fsp3) is 0.929. The number of carbonyl (C=O) groups is 1. The lowest BCUT2D eigenvalue weighted by Gasteiger charge is -2.36. The Labute approximate surface area is 107 Å². The van der Waals surface area contributed by atoms with E-state index in [9.17, 15) is 4.79 Å². The number of amides is 1. The predicted octanol–water partition coefficient (Wildman–Crippen LogP) is 2.61. The molecule has 0 aromatic rings. The molecule has 2 heterocycles. The van der Waals surface area contributed by atoms with Gasteiger partial charge in [0.1, 0.15) is 0 Å². The van der Waals surface area contributed by atoms with E-state index in [4.69, 9.17) is 0 Å². The van der Waals surface area contributed by atoms with E-state index < -0.39 is 0 Å². The molecule has 2 aliphatic heterocycles. The Morgan fingerprint density at radius 1 is 1.00 bits per heavy atom. The first-order chi connectivity index (χ1) is 8.14. The highest BCUT2D eigenvalue weighted by molar-refractivity contribution is 5.85. The van der Waals surface area contributed by atoms with Gasteiger partial charge in [0.25, 0.3) is 0 Å². The number of carbonyl (C=O) groups excluding carboxylic acids is 1. The Hall–Kier alpha value is -0.570. The van der Waals surface area contributed by atoms with Crippen LogP contribution in [0.2, 0.25) is 0 Å². The van der Waals surface area contributed by atoms with Crippen LogP contribution in [0, 0.1) is 5.41 Å². The van der Waals surface area contributed by atoms with Crippen LogP contribution in [0.25, 0.3) is 0 Å². The summed E-state index contributed by atoms with van der Waals surface area (Å²) < 4.78 is 0. The maximum absolute atomic E-state index is 11.9. The smallest absolute Gasteiger partial charge is 0.229 e. The molecule has 2 aliphatic rings. The number of likely N-dealkylation sites (tertiary alicyclic amines) is 2. The van der Waals surface area contributed by atoms with E-state index in [1.54, 1.807) is 0 Å². The van der Waals surface area contributed by atoms with Gasteiger partial charge in [0.05, 0.1) is 5.41 Å². The second kappa shape index (κ2) is 7.70. The van der Waals surface area contributed by atoms with E-state index in [2.05, 4.69) is 11.9 Å². The molecular weight excluding hydrogens is 212 g/mol. The van der Waals surface area contributed by atoms with Gasteiger partial charge in [0.15, 0.2) is 0 Å². The molecule has 0 bridgehead atoms. The van der Waals surface area contributed by atoms with Gasteiger partial charge in [-0.1, -0.05) is 27.7 Å². The van der Waals surface area contributed by atoms with Gasteiger partial charge >= 0.3 is 0 Å². The molecule has 1 atom stereocenters. The Bertz CT molecular complexity index is 226. The summed E-state index contributed by atoms with van der Waals surface area (Å²) in [4.78, 5) is 16.1. The summed E-state index contributed by atoms with van der Waals surface area (Å²) in [6, 6.07) is 0. The van der Waals surface area contributed by atoms with Crippen LogP contribution in [0.1, 0.15) is 47.0 Å². The zero-order valence-electron chi connectivity index (χ0n) is 12.5. The SMILES string of the molecule is CC.CC.CN1CCC[C@@]2(CCN(C)C2=O)C1. The van der Waals surface area contributed by atoms with Gasteiger partial charge in [-0.15, -0.1) is 0 Å². The fourth-order valence-corrected chi connectivity index (χ4v) is 2.74. The highest BCUT2D eigenvalue weighted by Gasteiger charge is 2.46. The Morgan fingerprint density at radius 2 is 1.59 bits per heavy atom. The molecule has 2 fully saturated rings. The Morgan fingerprint density at radius 3 is 2.00 bits per heavy atom. The molecule has 0 unspecified atom stereocenters. The van der Waals surface area contributed by atoms with Crippen LogP contribution >= 0.6 is 0 Å². The Balaban J connectivity index is 0.000000581. The highest BCUT2D eigenvalue weighted by Crippen LogP contribution is 2.38. The summed E-state index contributed by atoms with van der Waals surface area (Å²) in [6.07, 6.45) is 3.34. The molecule has 102 valence electrons. The third-order valence-corrected chi connectivity index (χ3v) is 3.49. The van der Waals surface area contributed by atoms with Crippen molar-refractivity contribution in [1.29, 1.82) is 0 Å². The molecule has 2 rings (SSSR count). The molecule has 0 aromatic heterocycles. The van der Waals surface area contributed by atoms with E-state index >= 15 is 0 Å². The topological polar surface area (TPSA) is 23.6 Å². The van der Waals surface area contributed by atoms with E-state index in [1.807, 2.05) is 39.6 Å². The normalized spacial score (nSPS) is 28.4. The van der Waals surface area contributed by atoms with E-state index in [-0.39, 0.29) is 5.41 Å². The maximum atomic E-state index is 11.9. The summed E-state index contributed by atoms with van der Waals surface area (Å²) in [5.74, 6) is 0.374. The summed E-state index contributed by atoms with van der Waals surface area (Å²) in [6.45, 7) is 11.1. The van der Waals surface area contributed by atoms with Crippen molar-refractivity contribution in [1.82, 2.24) is 9.80 Å². The Kier molecular flexibility index (Phi) is 7.44. The molecule has 0 N–H and O–H groups in total. The van der Waals surface area contributed by atoms with Crippen LogP contribution < -0.4 is 0 Å². The number of piperidine rings is 1. The average Bonchev–Trinajstić information content (AvgIpc) is 2.63. The lowest BCUT2D eigenvalue weighted by molar-refractivity contribution is -0.137. The van der Waals surface area contributed by atoms with E-state index in [0.717, 1.165) is 32.5 Å². The van der Waals surface area contributed by atoms with Crippen LogP contribution in [0.3, 0.4) is 0 Å². The number of nitrogens with zero attached hydrogens (tertiary/aromatic N) is 2. The molecular formula is C14H30N2O. The number of hydrogen-bond acceptors (Lipinski definition) is 2. The maximum Gasteiger partial charge on any atom is 0.229 e. The summed E-state index contributed by atoms with van der Waals surface area (Å²) >= 11 is 0. The minimum atomic E-state index is -0.0122. The third-order valence-electron chi connectivity index (χ3n) is 3.49. The van der Waals surface area contributed by atoms with Crippen molar-refractivity contribution in [2.45, 2.75) is 47.0 Å². The van der Waals surface area contributed by atoms with Crippen LogP contribution in [-0.2, 0) is 4.79 Å². The van der Waals surface area contributed by atoms with Crippen LogP contribution in [0.4, 0.5) is 0 Å². The van der Waals surface area contributed by atoms with Crippen molar-refractivity contribution in [3.63, 3.8) is 0 Å². The summed E-state index contributed by atoms with van der Waals surface area (Å²) in [7, 11) is 4.04. The van der Waals surface area contributed by atoms with Crippen molar-refractivity contribution in [2.75, 3.05) is 33.7 Å². The van der Waals surface area contributed by atoms with Gasteiger partial charge < -0.3 is 9.80 Å². The van der Waals surface area contributed by atoms with Gasteiger partial charge in [-0.25, -0.2) is 0 Å². The van der Waals surface area contributed by atoms with Gasteiger partial charge in [0, 0.05) is 20.1 Å². The lowest BCUT2D eigenvalue weighted by Crippen LogP contribution is -2.45. The molecule has 0 aliphatic carbocycles. The standard InChI is InChI=1S/C10H18N2O.2C2H6/c1-11-6-3-4-10(8-11)5-7-12(2)9(10)13;2*1-2/h3-8H2,1-2H3;2*1-2H3/t10-;;/m1../s1. The van der Waals surface area contributed by atoms with Crippen molar-refractivity contribution in [2.24, 2.45) is 5.41 Å². The second-order valence-corrected chi connectivity index (χ2v) is 4.60. The van der Waals surface area contributed by atoms with Crippen molar-refractivity contribution in [3.05, 3.63) is 0 Å². The fourth-order valence-electron chi connectivity index (χ4n) is 2.74. The molecule has 0 saturated carbocycles. The zero-order valence-corrected chi connectivity index (χ0v) is 12.5. The van der Waals surface area contributed by atoms with Crippen LogP contribution in [0.5, 0.6) is 0 Å². The van der Waals surface area contributed by atoms with Crippen LogP contribution in [-0.4, -0.2) is 49.4 Å². The lowest BCUT2D eigenvalue weighted by atomic mass is 9.79. The molecule has 0 aromatic carbocycles. The van der Waals surface area contributed by atoms with E-state index in [1.165, 1.54) is 6.42 Å². The second-order valence-electron chi connectivity index (χ2n) is 4.60. The van der Waals surface area contributed by atoms with Gasteiger partial charge in [-0.2, -0.15) is 0 Å². The quantitative estimate of drug-likeness (QED) is 0.652. The van der Waals surface area contributed by atoms with Gasteiger partial charge in [0.2, 0.25) is 5.91 Å². The first-order valence-corrected chi connectivity index (χ1v) is 7.08. The molecule has 17 heavy (non-hydrogen) atoms. The zero-order chi connectivity index (χ0) is 13.5. The minimum absolute atomic E-state index is 0.0122. The molecule has 3 nitrogen and oxygen atoms in total. The largest absolute Gasteiger partial charge is 0.345 e. The first kappa shape index (κ1) is 16.4. The average molecular weight is 242 g/mol. The van der Waals surface area contributed by atoms with E-state index in [0.29, 0.717) is 5.91 Å². The highest BCUT2D eigenvalue weighted by atomic mass is 16.2. The van der Waals surface area contributed by atoms with Gasteiger partial charge in [-0.05, 0) is 32.9 Å². The summed E-state index contributed by atoms with van der Waals surface area (Å²) in [5, 5.41) is 0. The third kappa shape index (κ3) is 3.70. The van der Waals surface area contributed by atoms with Gasteiger partial charge in [-0.3, -0.25) is 4.79 Å². The first-order valence-electron chi connectivity index (χ1n) is 7.08. The molecule has 1 amide bonds. The summed E-state index contributed by atoms with van der Waals surface area (Å²) in [5.41, 5.74) is -0.0122. The molecule has 0 radical (unpaired) electrons.